The zero-order valence-electron chi connectivity index (χ0n) is 13.3. The second kappa shape index (κ2) is 6.55. The average Bonchev–Trinajstić information content (AvgIpc) is 3.39. The van der Waals surface area contributed by atoms with Crippen LogP contribution in [0.3, 0.4) is 0 Å². The lowest BCUT2D eigenvalue weighted by Crippen LogP contribution is -3.13. The molecule has 23 heavy (non-hydrogen) atoms. The fraction of sp³-hybridized carbons (Fsp3) is 0.529. The van der Waals surface area contributed by atoms with E-state index in [0.29, 0.717) is 5.92 Å². The van der Waals surface area contributed by atoms with E-state index in [2.05, 4.69) is 34.9 Å². The lowest BCUT2D eigenvalue weighted by atomic mass is 10.2. The molecule has 2 aromatic rings. The lowest BCUT2D eigenvalue weighted by molar-refractivity contribution is -0.931. The highest BCUT2D eigenvalue weighted by Crippen LogP contribution is 2.39. The SMILES string of the molecule is S=c1n(C[NH+]2CCOCC2)nc(C2CC2)n1Cc1ccccc1. The van der Waals surface area contributed by atoms with Crippen molar-refractivity contribution in [1.29, 1.82) is 0 Å². The maximum atomic E-state index is 5.75. The minimum Gasteiger partial charge on any atom is -0.370 e. The predicted molar refractivity (Wildman–Crippen MR) is 90.1 cm³/mol. The van der Waals surface area contributed by atoms with E-state index in [4.69, 9.17) is 22.1 Å². The minimum atomic E-state index is 0.598. The van der Waals surface area contributed by atoms with E-state index in [1.54, 1.807) is 0 Å². The van der Waals surface area contributed by atoms with Gasteiger partial charge < -0.3 is 9.64 Å². The van der Waals surface area contributed by atoms with Crippen LogP contribution in [0.5, 0.6) is 0 Å². The Morgan fingerprint density at radius 3 is 2.61 bits per heavy atom. The van der Waals surface area contributed by atoms with Crippen LogP contribution in [0.1, 0.15) is 30.1 Å². The normalized spacial score (nSPS) is 19.1. The van der Waals surface area contributed by atoms with Crippen molar-refractivity contribution in [2.24, 2.45) is 0 Å². The van der Waals surface area contributed by atoms with Gasteiger partial charge in [-0.15, -0.1) is 0 Å². The summed E-state index contributed by atoms with van der Waals surface area (Å²) in [5, 5.41) is 4.88. The highest BCUT2D eigenvalue weighted by molar-refractivity contribution is 7.71. The number of benzene rings is 1. The van der Waals surface area contributed by atoms with Gasteiger partial charge in [0.2, 0.25) is 4.77 Å². The summed E-state index contributed by atoms with van der Waals surface area (Å²) in [6.07, 6.45) is 2.48. The molecule has 1 aromatic carbocycles. The quantitative estimate of drug-likeness (QED) is 0.837. The van der Waals surface area contributed by atoms with Crippen molar-refractivity contribution in [3.05, 3.63) is 46.5 Å². The molecule has 1 aliphatic carbocycles. The number of nitrogens with one attached hydrogen (secondary N) is 1. The largest absolute Gasteiger partial charge is 0.370 e. The molecule has 0 amide bonds. The summed E-state index contributed by atoms with van der Waals surface area (Å²) in [6, 6.07) is 10.5. The molecule has 2 aliphatic rings. The van der Waals surface area contributed by atoms with Crippen molar-refractivity contribution in [3.8, 4) is 0 Å². The smallest absolute Gasteiger partial charge is 0.203 e. The molecule has 2 fully saturated rings. The van der Waals surface area contributed by atoms with Crippen molar-refractivity contribution >= 4 is 12.2 Å². The predicted octanol–water partition coefficient (Wildman–Crippen LogP) is 1.21. The number of rotatable bonds is 5. The summed E-state index contributed by atoms with van der Waals surface area (Å²) in [5.74, 6) is 1.77. The maximum Gasteiger partial charge on any atom is 0.203 e. The second-order valence-electron chi connectivity index (χ2n) is 6.51. The van der Waals surface area contributed by atoms with Crippen LogP contribution in [-0.4, -0.2) is 40.7 Å². The van der Waals surface area contributed by atoms with Crippen molar-refractivity contribution in [3.63, 3.8) is 0 Å². The molecule has 0 radical (unpaired) electrons. The van der Waals surface area contributed by atoms with Gasteiger partial charge in [-0.1, -0.05) is 30.3 Å². The van der Waals surface area contributed by atoms with Crippen LogP contribution in [0, 0.1) is 4.77 Å². The van der Waals surface area contributed by atoms with E-state index in [-0.39, 0.29) is 0 Å². The Morgan fingerprint density at radius 2 is 1.91 bits per heavy atom. The molecule has 0 spiro atoms. The molecule has 1 aliphatic heterocycles. The minimum absolute atomic E-state index is 0.598. The molecule has 2 heterocycles. The number of ether oxygens (including phenoxy) is 1. The summed E-state index contributed by atoms with van der Waals surface area (Å²) in [5.41, 5.74) is 1.28. The first-order valence-corrected chi connectivity index (χ1v) is 8.85. The Labute approximate surface area is 141 Å². The fourth-order valence-electron chi connectivity index (χ4n) is 3.15. The lowest BCUT2D eigenvalue weighted by Gasteiger charge is -2.23. The highest BCUT2D eigenvalue weighted by Gasteiger charge is 2.30. The van der Waals surface area contributed by atoms with Crippen LogP contribution in [-0.2, 0) is 18.0 Å². The van der Waals surface area contributed by atoms with E-state index in [1.807, 2.05) is 4.68 Å². The number of aromatic nitrogens is 3. The number of morpholine rings is 1. The summed E-state index contributed by atoms with van der Waals surface area (Å²) in [4.78, 5) is 1.50. The first-order valence-electron chi connectivity index (χ1n) is 8.44. The van der Waals surface area contributed by atoms with Crippen molar-refractivity contribution in [2.45, 2.75) is 32.0 Å². The van der Waals surface area contributed by atoms with Gasteiger partial charge in [-0.25, -0.2) is 0 Å². The molecule has 0 bridgehead atoms. The molecular weight excluding hydrogens is 308 g/mol. The Kier molecular flexibility index (Phi) is 4.29. The Bertz CT molecular complexity index is 714. The van der Waals surface area contributed by atoms with Crippen LogP contribution in [0.4, 0.5) is 0 Å². The van der Waals surface area contributed by atoms with Gasteiger partial charge >= 0.3 is 0 Å². The van der Waals surface area contributed by atoms with Gasteiger partial charge in [-0.2, -0.15) is 9.78 Å². The van der Waals surface area contributed by atoms with Gasteiger partial charge in [0.25, 0.3) is 0 Å². The molecule has 1 saturated carbocycles. The van der Waals surface area contributed by atoms with Gasteiger partial charge in [-0.3, -0.25) is 4.57 Å². The van der Waals surface area contributed by atoms with Crippen molar-refractivity contribution in [1.82, 2.24) is 14.3 Å². The summed E-state index contributed by atoms with van der Waals surface area (Å²) in [7, 11) is 0. The summed E-state index contributed by atoms with van der Waals surface area (Å²) < 4.78 is 10.6. The summed E-state index contributed by atoms with van der Waals surface area (Å²) in [6.45, 7) is 5.41. The molecule has 1 aromatic heterocycles. The molecule has 0 unspecified atom stereocenters. The fourth-order valence-corrected chi connectivity index (χ4v) is 3.41. The van der Waals surface area contributed by atoms with E-state index >= 15 is 0 Å². The van der Waals surface area contributed by atoms with E-state index in [0.717, 1.165) is 44.3 Å². The Balaban J connectivity index is 1.60. The van der Waals surface area contributed by atoms with Crippen LogP contribution >= 0.6 is 12.2 Å². The van der Waals surface area contributed by atoms with E-state index in [9.17, 15) is 0 Å². The highest BCUT2D eigenvalue weighted by atomic mass is 32.1. The van der Waals surface area contributed by atoms with Crippen LogP contribution in [0.15, 0.2) is 30.3 Å². The standard InChI is InChI=1S/C17H22N4OS/c23-17-20(12-14-4-2-1-3-5-14)16(15-6-7-15)18-21(17)13-19-8-10-22-11-9-19/h1-5,15H,6-13H2/p+1. The number of nitrogens with zero attached hydrogens (tertiary/aromatic N) is 3. The van der Waals surface area contributed by atoms with Crippen LogP contribution in [0.25, 0.3) is 0 Å². The maximum absolute atomic E-state index is 5.75. The second-order valence-corrected chi connectivity index (χ2v) is 6.87. The third-order valence-corrected chi connectivity index (χ3v) is 5.08. The number of hydrogen-bond acceptors (Lipinski definition) is 3. The zero-order chi connectivity index (χ0) is 15.6. The van der Waals surface area contributed by atoms with Crippen LogP contribution < -0.4 is 4.90 Å². The molecular formula is C17H23N4OS+. The van der Waals surface area contributed by atoms with Gasteiger partial charge in [0, 0.05) is 5.92 Å². The van der Waals surface area contributed by atoms with Crippen LogP contribution in [0.2, 0.25) is 0 Å². The first-order chi connectivity index (χ1) is 11.3. The molecule has 122 valence electrons. The molecule has 4 rings (SSSR count). The number of quaternary nitrogens is 1. The Morgan fingerprint density at radius 1 is 1.17 bits per heavy atom. The summed E-state index contributed by atoms with van der Waals surface area (Å²) >= 11 is 5.75. The molecule has 0 atom stereocenters. The van der Waals surface area contributed by atoms with Gasteiger partial charge in [-0.05, 0) is 30.6 Å². The molecule has 1 saturated heterocycles. The van der Waals surface area contributed by atoms with Gasteiger partial charge in [0.05, 0.1) is 19.8 Å². The molecule has 1 N–H and O–H groups in total. The molecule has 6 heteroatoms. The zero-order valence-corrected chi connectivity index (χ0v) is 14.1. The topological polar surface area (TPSA) is 36.4 Å². The molecule has 5 nitrogen and oxygen atoms in total. The monoisotopic (exact) mass is 331 g/mol. The van der Waals surface area contributed by atoms with Crippen molar-refractivity contribution in [2.75, 3.05) is 26.3 Å². The third-order valence-electron chi connectivity index (χ3n) is 4.65. The van der Waals surface area contributed by atoms with Gasteiger partial charge in [0.1, 0.15) is 18.9 Å². The first kappa shape index (κ1) is 15.1. The Hall–Kier alpha value is -1.50. The van der Waals surface area contributed by atoms with Crippen molar-refractivity contribution < 1.29 is 9.64 Å². The number of hydrogen-bond donors (Lipinski definition) is 1. The third kappa shape index (κ3) is 3.39. The average molecular weight is 331 g/mol. The van der Waals surface area contributed by atoms with Gasteiger partial charge in [0.15, 0.2) is 6.67 Å². The van der Waals surface area contributed by atoms with E-state index in [1.165, 1.54) is 29.1 Å². The van der Waals surface area contributed by atoms with E-state index < -0.39 is 0 Å².